The van der Waals surface area contributed by atoms with Crippen molar-refractivity contribution in [1.29, 1.82) is 0 Å². The average molecular weight is 287 g/mol. The molecule has 0 aliphatic carbocycles. The highest BCUT2D eigenvalue weighted by Crippen LogP contribution is 2.16. The molecule has 0 saturated carbocycles. The largest absolute Gasteiger partial charge is 0.744 e. The molecule has 1 rings (SSSR count). The highest BCUT2D eigenvalue weighted by molar-refractivity contribution is 7.85. The maximum atomic E-state index is 11.8. The Morgan fingerprint density at radius 1 is 1.37 bits per heavy atom. The third kappa shape index (κ3) is 4.30. The lowest BCUT2D eigenvalue weighted by Gasteiger charge is -2.15. The summed E-state index contributed by atoms with van der Waals surface area (Å²) in [5, 5.41) is 0. The minimum atomic E-state index is -4.70. The average Bonchev–Trinajstić information content (AvgIpc) is 2.34. The van der Waals surface area contributed by atoms with E-state index in [1.807, 2.05) is 13.8 Å². The van der Waals surface area contributed by atoms with E-state index in [0.717, 1.165) is 6.07 Å². The number of carbonyl (C=O) groups is 1. The molecule has 0 saturated heterocycles. The Morgan fingerprint density at radius 3 is 2.47 bits per heavy atom. The van der Waals surface area contributed by atoms with Crippen molar-refractivity contribution in [1.82, 2.24) is 0 Å². The van der Waals surface area contributed by atoms with Crippen LogP contribution in [-0.2, 0) is 14.9 Å². The molecule has 0 heterocycles. The van der Waals surface area contributed by atoms with E-state index in [1.54, 1.807) is 0 Å². The number of esters is 1. The topological polar surface area (TPSA) is 111 Å². The van der Waals surface area contributed by atoms with Gasteiger partial charge in [-0.2, -0.15) is 0 Å². The lowest BCUT2D eigenvalue weighted by Crippen LogP contribution is -2.65. The Hall–Kier alpha value is -1.44. The Balaban J connectivity index is 2.90. The van der Waals surface area contributed by atoms with Crippen molar-refractivity contribution < 1.29 is 28.2 Å². The van der Waals surface area contributed by atoms with Gasteiger partial charge in [0.2, 0.25) is 0 Å². The van der Waals surface area contributed by atoms with Crippen LogP contribution in [0.5, 0.6) is 0 Å². The first-order valence-electron chi connectivity index (χ1n) is 5.78. The number of hydrogen-bond acceptors (Lipinski definition) is 5. The van der Waals surface area contributed by atoms with Crippen LogP contribution in [0.2, 0.25) is 0 Å². The smallest absolute Gasteiger partial charge is 0.339 e. The molecule has 1 aromatic rings. The van der Waals surface area contributed by atoms with Crippen molar-refractivity contribution in [3.05, 3.63) is 29.8 Å². The molecule has 0 spiro atoms. The zero-order valence-corrected chi connectivity index (χ0v) is 11.6. The van der Waals surface area contributed by atoms with E-state index < -0.39 is 21.0 Å². The van der Waals surface area contributed by atoms with Crippen LogP contribution in [0.25, 0.3) is 0 Å². The SMILES string of the molecule is CC(C)C([NH3+])COC(=O)c1ccccc1S(=O)(=O)[O-]. The Morgan fingerprint density at radius 2 is 1.95 bits per heavy atom. The van der Waals surface area contributed by atoms with Gasteiger partial charge in [-0.3, -0.25) is 0 Å². The Labute approximate surface area is 112 Å². The summed E-state index contributed by atoms with van der Waals surface area (Å²) < 4.78 is 38.1. The molecular weight excluding hydrogens is 270 g/mol. The lowest BCUT2D eigenvalue weighted by atomic mass is 10.1. The number of rotatable bonds is 5. The molecule has 1 aromatic carbocycles. The minimum Gasteiger partial charge on any atom is -0.744 e. The van der Waals surface area contributed by atoms with Gasteiger partial charge < -0.3 is 15.0 Å². The highest BCUT2D eigenvalue weighted by Gasteiger charge is 2.19. The van der Waals surface area contributed by atoms with Crippen molar-refractivity contribution in [2.24, 2.45) is 5.92 Å². The molecule has 106 valence electrons. The van der Waals surface area contributed by atoms with Gasteiger partial charge in [0.05, 0.1) is 10.5 Å². The molecule has 0 aliphatic rings. The molecule has 19 heavy (non-hydrogen) atoms. The first-order chi connectivity index (χ1) is 8.73. The van der Waals surface area contributed by atoms with E-state index in [0.29, 0.717) is 0 Å². The molecule has 0 radical (unpaired) electrons. The van der Waals surface area contributed by atoms with E-state index >= 15 is 0 Å². The maximum absolute atomic E-state index is 11.8. The Kier molecular flexibility index (Phi) is 5.04. The molecule has 6 nitrogen and oxygen atoms in total. The molecule has 7 heteroatoms. The maximum Gasteiger partial charge on any atom is 0.339 e. The van der Waals surface area contributed by atoms with E-state index in [-0.39, 0.29) is 24.1 Å². The number of carbonyl (C=O) groups excluding carboxylic acids is 1. The normalized spacial score (nSPS) is 13.3. The van der Waals surface area contributed by atoms with Crippen molar-refractivity contribution >= 4 is 16.1 Å². The standard InChI is InChI=1S/C12H17NO5S/c1-8(2)10(13)7-18-12(14)9-5-3-4-6-11(9)19(15,16)17/h3-6,8,10H,7,13H2,1-2H3,(H,15,16,17). The summed E-state index contributed by atoms with van der Waals surface area (Å²) in [5.41, 5.74) is 3.57. The van der Waals surface area contributed by atoms with Crippen LogP contribution in [0.15, 0.2) is 29.2 Å². The number of ether oxygens (including phenoxy) is 1. The second-order valence-electron chi connectivity index (χ2n) is 4.55. The molecule has 0 fully saturated rings. The summed E-state index contributed by atoms with van der Waals surface area (Å²) in [6, 6.07) is 5.08. The molecule has 3 N–H and O–H groups in total. The van der Waals surface area contributed by atoms with Crippen LogP contribution in [-0.4, -0.2) is 31.6 Å². The summed E-state index contributed by atoms with van der Waals surface area (Å²) in [7, 11) is -4.70. The molecule has 0 bridgehead atoms. The summed E-state index contributed by atoms with van der Waals surface area (Å²) in [4.78, 5) is 11.2. The minimum absolute atomic E-state index is 0.0732. The van der Waals surface area contributed by atoms with Gasteiger partial charge >= 0.3 is 5.97 Å². The van der Waals surface area contributed by atoms with E-state index in [1.165, 1.54) is 18.2 Å². The van der Waals surface area contributed by atoms with Crippen LogP contribution in [0.4, 0.5) is 0 Å². The molecule has 1 atom stereocenters. The number of benzene rings is 1. The zero-order valence-electron chi connectivity index (χ0n) is 10.8. The second-order valence-corrected chi connectivity index (χ2v) is 5.90. The van der Waals surface area contributed by atoms with E-state index in [9.17, 15) is 17.8 Å². The fourth-order valence-corrected chi connectivity index (χ4v) is 1.97. The van der Waals surface area contributed by atoms with Gasteiger partial charge in [0.25, 0.3) is 0 Å². The van der Waals surface area contributed by atoms with Crippen LogP contribution < -0.4 is 5.73 Å². The number of hydrogen-bond donors (Lipinski definition) is 1. The van der Waals surface area contributed by atoms with Crippen LogP contribution in [0, 0.1) is 5.92 Å². The van der Waals surface area contributed by atoms with Gasteiger partial charge in [-0.05, 0) is 12.1 Å². The van der Waals surface area contributed by atoms with Gasteiger partial charge in [-0.25, -0.2) is 13.2 Å². The predicted molar refractivity (Wildman–Crippen MR) is 66.2 cm³/mol. The van der Waals surface area contributed by atoms with Crippen LogP contribution in [0.1, 0.15) is 24.2 Å². The molecular formula is C12H17NO5S. The van der Waals surface area contributed by atoms with Crippen molar-refractivity contribution in [2.75, 3.05) is 6.61 Å². The molecule has 1 unspecified atom stereocenters. The van der Waals surface area contributed by atoms with Gasteiger partial charge in [0.15, 0.2) is 0 Å². The second kappa shape index (κ2) is 6.14. The lowest BCUT2D eigenvalue weighted by molar-refractivity contribution is -0.435. The molecule has 0 amide bonds. The van der Waals surface area contributed by atoms with E-state index in [4.69, 9.17) is 4.74 Å². The fourth-order valence-electron chi connectivity index (χ4n) is 1.31. The van der Waals surface area contributed by atoms with Crippen LogP contribution in [0.3, 0.4) is 0 Å². The first kappa shape index (κ1) is 15.6. The summed E-state index contributed by atoms with van der Waals surface area (Å²) in [6.07, 6.45) is 0. The molecule has 0 aromatic heterocycles. The highest BCUT2D eigenvalue weighted by atomic mass is 32.2. The summed E-state index contributed by atoms with van der Waals surface area (Å²) in [6.45, 7) is 3.94. The number of quaternary nitrogens is 1. The van der Waals surface area contributed by atoms with Gasteiger partial charge in [-0.15, -0.1) is 0 Å². The van der Waals surface area contributed by atoms with Gasteiger partial charge in [0.1, 0.15) is 22.8 Å². The quantitative estimate of drug-likeness (QED) is 0.606. The van der Waals surface area contributed by atoms with Crippen molar-refractivity contribution in [2.45, 2.75) is 24.8 Å². The monoisotopic (exact) mass is 287 g/mol. The fraction of sp³-hybridized carbons (Fsp3) is 0.417. The first-order valence-corrected chi connectivity index (χ1v) is 7.19. The van der Waals surface area contributed by atoms with Gasteiger partial charge in [-0.1, -0.05) is 26.0 Å². The summed E-state index contributed by atoms with van der Waals surface area (Å²) >= 11 is 0. The Bertz CT molecular complexity index is 553. The predicted octanol–water partition coefficient (Wildman–Crippen LogP) is 0.0140. The van der Waals surface area contributed by atoms with E-state index in [2.05, 4.69) is 5.73 Å². The van der Waals surface area contributed by atoms with Crippen molar-refractivity contribution in [3.63, 3.8) is 0 Å². The van der Waals surface area contributed by atoms with Crippen LogP contribution >= 0.6 is 0 Å². The zero-order chi connectivity index (χ0) is 14.6. The summed E-state index contributed by atoms with van der Waals surface area (Å²) in [5.74, 6) is -0.601. The molecule has 0 aliphatic heterocycles. The third-order valence-corrected chi connectivity index (χ3v) is 3.64. The van der Waals surface area contributed by atoms with Crippen molar-refractivity contribution in [3.8, 4) is 0 Å². The van der Waals surface area contributed by atoms with Gasteiger partial charge in [0, 0.05) is 5.92 Å². The third-order valence-electron chi connectivity index (χ3n) is 2.75.